The van der Waals surface area contributed by atoms with Crippen molar-refractivity contribution in [2.45, 2.75) is 9.48 Å². The molecule has 1 saturated heterocycles. The summed E-state index contributed by atoms with van der Waals surface area (Å²) < 4.78 is 30.2. The topological polar surface area (TPSA) is 67.2 Å². The van der Waals surface area contributed by atoms with E-state index >= 15 is 0 Å². The minimum Gasteiger partial charge on any atom is -0.379 e. The SMILES string of the molecule is N#Cc1cc(S(=O)(=O)Oc2ccc(C3SCCS3)cc2)ccc1Cl. The lowest BCUT2D eigenvalue weighted by Crippen LogP contribution is -2.10. The Morgan fingerprint density at radius 2 is 1.79 bits per heavy atom. The molecule has 24 heavy (non-hydrogen) atoms. The van der Waals surface area contributed by atoms with Gasteiger partial charge in [-0.05, 0) is 35.9 Å². The molecule has 0 amide bonds. The maximum atomic E-state index is 12.3. The fourth-order valence-corrected chi connectivity index (χ4v) is 6.13. The van der Waals surface area contributed by atoms with E-state index in [0.29, 0.717) is 4.58 Å². The first-order chi connectivity index (χ1) is 11.5. The number of nitrogens with zero attached hydrogens (tertiary/aromatic N) is 1. The zero-order valence-electron chi connectivity index (χ0n) is 12.3. The van der Waals surface area contributed by atoms with Crippen molar-refractivity contribution in [1.82, 2.24) is 0 Å². The van der Waals surface area contributed by atoms with Crippen LogP contribution < -0.4 is 4.18 Å². The average Bonchev–Trinajstić information content (AvgIpc) is 3.10. The van der Waals surface area contributed by atoms with Gasteiger partial charge in [-0.15, -0.1) is 23.5 Å². The van der Waals surface area contributed by atoms with Gasteiger partial charge in [-0.2, -0.15) is 13.7 Å². The number of hydrogen-bond donors (Lipinski definition) is 0. The Hall–Kier alpha value is -1.33. The number of rotatable bonds is 4. The van der Waals surface area contributed by atoms with E-state index in [1.165, 1.54) is 18.2 Å². The predicted octanol–water partition coefficient (Wildman–Crippen LogP) is 4.46. The fourth-order valence-electron chi connectivity index (χ4n) is 2.15. The zero-order chi connectivity index (χ0) is 17.2. The van der Waals surface area contributed by atoms with Gasteiger partial charge in [0.25, 0.3) is 0 Å². The lowest BCUT2D eigenvalue weighted by Gasteiger charge is -2.10. The molecule has 0 aromatic heterocycles. The third-order valence-corrected chi connectivity index (χ3v) is 8.00. The van der Waals surface area contributed by atoms with E-state index in [-0.39, 0.29) is 21.2 Å². The lowest BCUT2D eigenvalue weighted by atomic mass is 10.2. The monoisotopic (exact) mass is 397 g/mol. The second-order valence-electron chi connectivity index (χ2n) is 4.93. The molecule has 0 unspecified atom stereocenters. The van der Waals surface area contributed by atoms with E-state index in [2.05, 4.69) is 0 Å². The van der Waals surface area contributed by atoms with Crippen LogP contribution >= 0.6 is 35.1 Å². The van der Waals surface area contributed by atoms with Crippen LogP contribution in [-0.4, -0.2) is 19.9 Å². The van der Waals surface area contributed by atoms with Gasteiger partial charge in [-0.25, -0.2) is 0 Å². The average molecular weight is 398 g/mol. The Kier molecular flexibility index (Phi) is 5.30. The molecule has 0 saturated carbocycles. The highest BCUT2D eigenvalue weighted by Gasteiger charge is 2.20. The van der Waals surface area contributed by atoms with Crippen LogP contribution in [-0.2, 0) is 10.1 Å². The van der Waals surface area contributed by atoms with Gasteiger partial charge < -0.3 is 4.18 Å². The van der Waals surface area contributed by atoms with Crippen molar-refractivity contribution < 1.29 is 12.6 Å². The highest BCUT2D eigenvalue weighted by atomic mass is 35.5. The van der Waals surface area contributed by atoms with Gasteiger partial charge in [0.15, 0.2) is 0 Å². The molecule has 2 aromatic rings. The molecule has 124 valence electrons. The normalized spacial score (nSPS) is 15.2. The van der Waals surface area contributed by atoms with Crippen LogP contribution in [0, 0.1) is 11.3 Å². The molecule has 0 N–H and O–H groups in total. The van der Waals surface area contributed by atoms with Gasteiger partial charge in [0, 0.05) is 11.5 Å². The Balaban J connectivity index is 1.80. The molecule has 1 aliphatic rings. The van der Waals surface area contributed by atoms with Crippen molar-refractivity contribution in [3.05, 3.63) is 58.6 Å². The molecule has 1 heterocycles. The number of halogens is 1. The van der Waals surface area contributed by atoms with E-state index in [1.54, 1.807) is 12.1 Å². The van der Waals surface area contributed by atoms with Gasteiger partial charge in [-0.1, -0.05) is 23.7 Å². The van der Waals surface area contributed by atoms with Crippen molar-refractivity contribution in [1.29, 1.82) is 5.26 Å². The first-order valence-electron chi connectivity index (χ1n) is 6.97. The van der Waals surface area contributed by atoms with Crippen molar-refractivity contribution >= 4 is 45.2 Å². The Morgan fingerprint density at radius 3 is 2.42 bits per heavy atom. The lowest BCUT2D eigenvalue weighted by molar-refractivity contribution is 0.486. The summed E-state index contributed by atoms with van der Waals surface area (Å²) in [4.78, 5) is -0.102. The molecular formula is C16H12ClNO3S3. The van der Waals surface area contributed by atoms with E-state index in [1.807, 2.05) is 41.7 Å². The van der Waals surface area contributed by atoms with Crippen molar-refractivity contribution in [3.63, 3.8) is 0 Å². The third kappa shape index (κ3) is 3.83. The zero-order valence-corrected chi connectivity index (χ0v) is 15.5. The molecule has 0 bridgehead atoms. The minimum atomic E-state index is -4.01. The summed E-state index contributed by atoms with van der Waals surface area (Å²) in [6, 6.07) is 12.8. The van der Waals surface area contributed by atoms with Crippen LogP contribution in [0.4, 0.5) is 0 Å². The first kappa shape index (κ1) is 17.5. The van der Waals surface area contributed by atoms with Crippen LogP contribution in [0.1, 0.15) is 15.7 Å². The standard InChI is InChI=1S/C16H12ClNO3S3/c17-15-6-5-14(9-12(15)10-18)24(19,20)21-13-3-1-11(2-4-13)16-22-7-8-23-16/h1-6,9,16H,7-8H2. The fraction of sp³-hybridized carbons (Fsp3) is 0.188. The number of thioether (sulfide) groups is 2. The molecular weight excluding hydrogens is 386 g/mol. The minimum absolute atomic E-state index is 0.0898. The van der Waals surface area contributed by atoms with E-state index in [0.717, 1.165) is 17.1 Å². The Labute approximate surface area is 154 Å². The molecule has 0 aliphatic carbocycles. The first-order valence-corrected chi connectivity index (χ1v) is 10.9. The number of nitriles is 1. The predicted molar refractivity (Wildman–Crippen MR) is 98.1 cm³/mol. The van der Waals surface area contributed by atoms with E-state index in [4.69, 9.17) is 21.0 Å². The van der Waals surface area contributed by atoms with Crippen LogP contribution in [0.3, 0.4) is 0 Å². The maximum Gasteiger partial charge on any atom is 0.339 e. The molecule has 0 radical (unpaired) electrons. The van der Waals surface area contributed by atoms with Crippen LogP contribution in [0.25, 0.3) is 0 Å². The summed E-state index contributed by atoms with van der Waals surface area (Å²) in [7, 11) is -4.01. The summed E-state index contributed by atoms with van der Waals surface area (Å²) in [5.41, 5.74) is 1.23. The number of hydrogen-bond acceptors (Lipinski definition) is 6. The van der Waals surface area contributed by atoms with Crippen LogP contribution in [0.5, 0.6) is 5.75 Å². The second kappa shape index (κ2) is 7.28. The van der Waals surface area contributed by atoms with Crippen molar-refractivity contribution in [2.75, 3.05) is 11.5 Å². The van der Waals surface area contributed by atoms with Gasteiger partial charge in [-0.3, -0.25) is 0 Å². The largest absolute Gasteiger partial charge is 0.379 e. The second-order valence-corrected chi connectivity index (χ2v) is 9.61. The van der Waals surface area contributed by atoms with Gasteiger partial charge in [0.1, 0.15) is 16.7 Å². The molecule has 0 atom stereocenters. The quantitative estimate of drug-likeness (QED) is 0.709. The summed E-state index contributed by atoms with van der Waals surface area (Å²) >= 11 is 9.58. The summed E-state index contributed by atoms with van der Waals surface area (Å²) in [6.45, 7) is 0. The summed E-state index contributed by atoms with van der Waals surface area (Å²) in [5, 5.41) is 9.16. The maximum absolute atomic E-state index is 12.3. The van der Waals surface area contributed by atoms with Crippen molar-refractivity contribution in [3.8, 4) is 11.8 Å². The molecule has 3 rings (SSSR count). The summed E-state index contributed by atoms with van der Waals surface area (Å²) in [6.07, 6.45) is 0. The van der Waals surface area contributed by atoms with Gasteiger partial charge in [0.2, 0.25) is 0 Å². The molecule has 8 heteroatoms. The smallest absolute Gasteiger partial charge is 0.339 e. The Morgan fingerprint density at radius 1 is 1.12 bits per heavy atom. The molecule has 0 spiro atoms. The number of benzene rings is 2. The van der Waals surface area contributed by atoms with Gasteiger partial charge >= 0.3 is 10.1 Å². The molecule has 1 fully saturated rings. The van der Waals surface area contributed by atoms with E-state index < -0.39 is 10.1 Å². The summed E-state index contributed by atoms with van der Waals surface area (Å²) in [5.74, 6) is 2.49. The molecule has 4 nitrogen and oxygen atoms in total. The Bertz CT molecular complexity index is 886. The van der Waals surface area contributed by atoms with Crippen LogP contribution in [0.2, 0.25) is 5.02 Å². The molecule has 2 aromatic carbocycles. The van der Waals surface area contributed by atoms with E-state index in [9.17, 15) is 8.42 Å². The van der Waals surface area contributed by atoms with Crippen molar-refractivity contribution in [2.24, 2.45) is 0 Å². The highest BCUT2D eigenvalue weighted by Crippen LogP contribution is 2.45. The highest BCUT2D eigenvalue weighted by molar-refractivity contribution is 8.19. The van der Waals surface area contributed by atoms with Crippen LogP contribution in [0.15, 0.2) is 47.4 Å². The van der Waals surface area contributed by atoms with Gasteiger partial charge in [0.05, 0.1) is 15.2 Å². The third-order valence-electron chi connectivity index (χ3n) is 3.33. The molecule has 1 aliphatic heterocycles.